The Bertz CT molecular complexity index is 795. The first-order valence-corrected chi connectivity index (χ1v) is 8.93. The predicted octanol–water partition coefficient (Wildman–Crippen LogP) is 0.215. The summed E-state index contributed by atoms with van der Waals surface area (Å²) in [6.07, 6.45) is 1.81. The number of hydrogen-bond acceptors (Lipinski definition) is 7. The minimum atomic E-state index is -0.476. The Morgan fingerprint density at radius 3 is 2.79 bits per heavy atom. The van der Waals surface area contributed by atoms with Gasteiger partial charge in [-0.3, -0.25) is 9.59 Å². The SMILES string of the molecule is COC(=O)CCCNC(=O)NCC1=NC2C(C=NN2c2ccccc2)C(=O)N1. The number of esters is 1. The molecular weight excluding hydrogens is 364 g/mol. The molecule has 0 saturated carbocycles. The van der Waals surface area contributed by atoms with Gasteiger partial charge in [0.25, 0.3) is 0 Å². The number of urea groups is 1. The van der Waals surface area contributed by atoms with E-state index >= 15 is 0 Å². The first-order chi connectivity index (χ1) is 13.6. The molecule has 0 aliphatic carbocycles. The van der Waals surface area contributed by atoms with E-state index in [-0.39, 0.29) is 24.8 Å². The molecule has 0 aromatic heterocycles. The third kappa shape index (κ3) is 4.64. The number of fused-ring (bicyclic) bond motifs is 1. The number of nitrogens with one attached hydrogen (secondary N) is 3. The maximum atomic E-state index is 12.3. The third-order valence-electron chi connectivity index (χ3n) is 4.29. The molecule has 1 aromatic carbocycles. The van der Waals surface area contributed by atoms with E-state index < -0.39 is 18.1 Å². The van der Waals surface area contributed by atoms with E-state index in [0.29, 0.717) is 18.8 Å². The van der Waals surface area contributed by atoms with Gasteiger partial charge in [0.2, 0.25) is 5.91 Å². The van der Waals surface area contributed by atoms with Gasteiger partial charge in [-0.05, 0) is 18.6 Å². The van der Waals surface area contributed by atoms with Gasteiger partial charge in [0.05, 0.1) is 19.3 Å². The molecule has 0 spiro atoms. The van der Waals surface area contributed by atoms with Crippen molar-refractivity contribution in [2.75, 3.05) is 25.2 Å². The number of carbonyl (C=O) groups excluding carboxylic acids is 3. The number of ether oxygens (including phenoxy) is 1. The highest BCUT2D eigenvalue weighted by Gasteiger charge is 2.40. The van der Waals surface area contributed by atoms with Crippen molar-refractivity contribution in [1.29, 1.82) is 0 Å². The fourth-order valence-corrected chi connectivity index (χ4v) is 2.85. The lowest BCUT2D eigenvalue weighted by atomic mass is 10.1. The number of methoxy groups -OCH3 is 1. The number of aliphatic imine (C=N–C) groups is 1. The van der Waals surface area contributed by atoms with Crippen LogP contribution in [0.25, 0.3) is 0 Å². The van der Waals surface area contributed by atoms with Crippen LogP contribution in [0.1, 0.15) is 12.8 Å². The molecule has 2 heterocycles. The van der Waals surface area contributed by atoms with Crippen LogP contribution in [0.15, 0.2) is 40.4 Å². The lowest BCUT2D eigenvalue weighted by Gasteiger charge is -2.28. The van der Waals surface area contributed by atoms with Crippen molar-refractivity contribution in [2.45, 2.75) is 19.0 Å². The highest BCUT2D eigenvalue weighted by molar-refractivity contribution is 6.09. The Hall–Kier alpha value is -3.43. The Morgan fingerprint density at radius 2 is 2.04 bits per heavy atom. The second kappa shape index (κ2) is 8.98. The molecule has 2 atom stereocenters. The van der Waals surface area contributed by atoms with E-state index in [0.717, 1.165) is 5.69 Å². The Morgan fingerprint density at radius 1 is 1.25 bits per heavy atom. The molecule has 2 aliphatic heterocycles. The first-order valence-electron chi connectivity index (χ1n) is 8.93. The van der Waals surface area contributed by atoms with Crippen LogP contribution in [0, 0.1) is 5.92 Å². The summed E-state index contributed by atoms with van der Waals surface area (Å²) in [6.45, 7) is 0.403. The largest absolute Gasteiger partial charge is 0.469 e. The molecule has 2 aliphatic rings. The van der Waals surface area contributed by atoms with Gasteiger partial charge in [0.15, 0.2) is 6.17 Å². The number of nitrogens with zero attached hydrogens (tertiary/aromatic N) is 3. The molecular formula is C18H22N6O4. The topological polar surface area (TPSA) is 124 Å². The van der Waals surface area contributed by atoms with Crippen molar-refractivity contribution in [2.24, 2.45) is 16.0 Å². The standard InChI is InChI=1S/C18H22N6O4/c1-28-15(25)8-5-9-19-18(27)20-11-14-22-16-13(17(26)23-14)10-21-24(16)12-6-3-2-4-7-12/h2-4,6-7,10,13,16H,5,8-9,11H2,1H3,(H2,19,20,27)(H,22,23,26). The van der Waals surface area contributed by atoms with Crippen molar-refractivity contribution in [3.05, 3.63) is 30.3 Å². The van der Waals surface area contributed by atoms with Crippen molar-refractivity contribution < 1.29 is 19.1 Å². The minimum absolute atomic E-state index is 0.0699. The van der Waals surface area contributed by atoms with Gasteiger partial charge in [-0.15, -0.1) is 0 Å². The molecule has 10 heteroatoms. The molecule has 28 heavy (non-hydrogen) atoms. The van der Waals surface area contributed by atoms with Crippen LogP contribution in [0.2, 0.25) is 0 Å². The zero-order chi connectivity index (χ0) is 19.9. The molecule has 2 unspecified atom stereocenters. The van der Waals surface area contributed by atoms with Gasteiger partial charge in [0, 0.05) is 19.2 Å². The van der Waals surface area contributed by atoms with E-state index in [1.54, 1.807) is 11.2 Å². The maximum absolute atomic E-state index is 12.3. The summed E-state index contributed by atoms with van der Waals surface area (Å²) in [5, 5.41) is 14.0. The van der Waals surface area contributed by atoms with Gasteiger partial charge < -0.3 is 20.7 Å². The number of benzene rings is 1. The summed E-state index contributed by atoms with van der Waals surface area (Å²) in [4.78, 5) is 39.7. The first kappa shape index (κ1) is 19.3. The van der Waals surface area contributed by atoms with E-state index in [2.05, 4.69) is 30.8 Å². The van der Waals surface area contributed by atoms with Crippen LogP contribution in [0.5, 0.6) is 0 Å². The summed E-state index contributed by atoms with van der Waals surface area (Å²) in [5.41, 5.74) is 0.834. The Labute approximate surface area is 162 Å². The summed E-state index contributed by atoms with van der Waals surface area (Å²) in [5.74, 6) is -0.645. The zero-order valence-electron chi connectivity index (χ0n) is 15.4. The molecule has 10 nitrogen and oxygen atoms in total. The van der Waals surface area contributed by atoms with Gasteiger partial charge in [-0.2, -0.15) is 5.10 Å². The zero-order valence-corrected chi connectivity index (χ0v) is 15.4. The molecule has 0 saturated heterocycles. The second-order valence-corrected chi connectivity index (χ2v) is 6.24. The average Bonchev–Trinajstić information content (AvgIpc) is 3.14. The van der Waals surface area contributed by atoms with E-state index in [9.17, 15) is 14.4 Å². The van der Waals surface area contributed by atoms with Crippen LogP contribution in [0.3, 0.4) is 0 Å². The fourth-order valence-electron chi connectivity index (χ4n) is 2.85. The monoisotopic (exact) mass is 386 g/mol. The lowest BCUT2D eigenvalue weighted by Crippen LogP contribution is -2.52. The highest BCUT2D eigenvalue weighted by Crippen LogP contribution is 2.27. The number of amidine groups is 1. The van der Waals surface area contributed by atoms with Gasteiger partial charge in [-0.1, -0.05) is 18.2 Å². The van der Waals surface area contributed by atoms with Crippen LogP contribution >= 0.6 is 0 Å². The van der Waals surface area contributed by atoms with Crippen molar-refractivity contribution in [3.8, 4) is 0 Å². The molecule has 0 fully saturated rings. The number of para-hydroxylation sites is 1. The number of hydrogen-bond donors (Lipinski definition) is 3. The van der Waals surface area contributed by atoms with E-state index in [4.69, 9.17) is 0 Å². The van der Waals surface area contributed by atoms with Crippen LogP contribution < -0.4 is 21.0 Å². The van der Waals surface area contributed by atoms with Crippen molar-refractivity contribution in [1.82, 2.24) is 16.0 Å². The molecule has 3 amide bonds. The maximum Gasteiger partial charge on any atom is 0.315 e. The lowest BCUT2D eigenvalue weighted by molar-refractivity contribution is -0.140. The number of hydrazone groups is 1. The van der Waals surface area contributed by atoms with Gasteiger partial charge in [0.1, 0.15) is 11.8 Å². The van der Waals surface area contributed by atoms with Crippen LogP contribution in [-0.2, 0) is 14.3 Å². The molecule has 0 bridgehead atoms. The quantitative estimate of drug-likeness (QED) is 0.457. The number of carbonyl (C=O) groups is 3. The summed E-state index contributed by atoms with van der Waals surface area (Å²) in [6, 6.07) is 9.04. The molecule has 148 valence electrons. The molecule has 0 radical (unpaired) electrons. The summed E-state index contributed by atoms with van der Waals surface area (Å²) >= 11 is 0. The summed E-state index contributed by atoms with van der Waals surface area (Å²) in [7, 11) is 1.32. The fraction of sp³-hybridized carbons (Fsp3) is 0.389. The Balaban J connectivity index is 1.52. The number of amides is 3. The van der Waals surface area contributed by atoms with E-state index in [1.807, 2.05) is 30.3 Å². The van der Waals surface area contributed by atoms with Crippen LogP contribution in [-0.4, -0.2) is 56.3 Å². The number of rotatable bonds is 7. The van der Waals surface area contributed by atoms with E-state index in [1.165, 1.54) is 7.11 Å². The Kier molecular flexibility index (Phi) is 6.20. The summed E-state index contributed by atoms with van der Waals surface area (Å²) < 4.78 is 4.53. The average molecular weight is 386 g/mol. The number of anilines is 1. The van der Waals surface area contributed by atoms with Crippen molar-refractivity contribution in [3.63, 3.8) is 0 Å². The smallest absolute Gasteiger partial charge is 0.315 e. The van der Waals surface area contributed by atoms with Gasteiger partial charge >= 0.3 is 12.0 Å². The van der Waals surface area contributed by atoms with Gasteiger partial charge in [-0.25, -0.2) is 14.8 Å². The highest BCUT2D eigenvalue weighted by atomic mass is 16.5. The van der Waals surface area contributed by atoms with Crippen LogP contribution in [0.4, 0.5) is 10.5 Å². The molecule has 3 rings (SSSR count). The van der Waals surface area contributed by atoms with Crippen molar-refractivity contribution >= 4 is 35.6 Å². The minimum Gasteiger partial charge on any atom is -0.469 e. The third-order valence-corrected chi connectivity index (χ3v) is 4.29. The molecule has 1 aromatic rings. The predicted molar refractivity (Wildman–Crippen MR) is 103 cm³/mol. The normalized spacial score (nSPS) is 20.1. The second-order valence-electron chi connectivity index (χ2n) is 6.24. The molecule has 3 N–H and O–H groups in total.